The van der Waals surface area contributed by atoms with Crippen LogP contribution in [-0.2, 0) is 11.3 Å². The Morgan fingerprint density at radius 1 is 1.05 bits per heavy atom. The molecule has 0 spiro atoms. The second-order valence-corrected chi connectivity index (χ2v) is 9.22. The van der Waals surface area contributed by atoms with Crippen LogP contribution in [0.1, 0.15) is 58.7 Å². The van der Waals surface area contributed by atoms with Crippen LogP contribution in [0.15, 0.2) is 40.9 Å². The topological polar surface area (TPSA) is 137 Å². The summed E-state index contributed by atoms with van der Waals surface area (Å²) in [6.45, 7) is 9.81. The third-order valence-electron chi connectivity index (χ3n) is 6.22. The number of aromatic hydroxyl groups is 2. The Hall–Kier alpha value is -3.60. The lowest BCUT2D eigenvalue weighted by Gasteiger charge is -2.26. The smallest absolute Gasteiger partial charge is 0.275 e. The van der Waals surface area contributed by atoms with Gasteiger partial charge in [0.2, 0.25) is 0 Å². The molecular weight excluding hydrogens is 512 g/mol. The maximum Gasteiger partial charge on any atom is 0.275 e. The normalized spacial score (nSPS) is 13.7. The number of benzene rings is 2. The van der Waals surface area contributed by atoms with Crippen molar-refractivity contribution in [3.8, 4) is 22.8 Å². The summed E-state index contributed by atoms with van der Waals surface area (Å²) in [5, 5.41) is 30.1. The second kappa shape index (κ2) is 12.8. The van der Waals surface area contributed by atoms with E-state index in [9.17, 15) is 19.8 Å². The van der Waals surface area contributed by atoms with Crippen molar-refractivity contribution in [1.82, 2.24) is 15.4 Å². The Morgan fingerprint density at radius 3 is 2.37 bits per heavy atom. The summed E-state index contributed by atoms with van der Waals surface area (Å²) in [6.07, 6.45) is 0. The van der Waals surface area contributed by atoms with Gasteiger partial charge in [-0.25, -0.2) is 0 Å². The zero-order valence-corrected chi connectivity index (χ0v) is 22.4. The van der Waals surface area contributed by atoms with Crippen molar-refractivity contribution in [2.45, 2.75) is 33.2 Å². The fourth-order valence-electron chi connectivity index (χ4n) is 4.19. The number of hydrogen-bond acceptors (Lipinski definition) is 8. The minimum absolute atomic E-state index is 0. The number of rotatable bonds is 8. The first-order valence-corrected chi connectivity index (χ1v) is 12.3. The summed E-state index contributed by atoms with van der Waals surface area (Å²) < 4.78 is 10.9. The number of halogens is 1. The predicted octanol–water partition coefficient (Wildman–Crippen LogP) is 4.13. The number of phenolic OH excluding ortho intramolecular Hbond substituents is 2. The van der Waals surface area contributed by atoms with Gasteiger partial charge >= 0.3 is 0 Å². The van der Waals surface area contributed by atoms with Crippen LogP contribution >= 0.6 is 12.4 Å². The van der Waals surface area contributed by atoms with Crippen LogP contribution < -0.4 is 10.6 Å². The number of anilines is 1. The fourth-order valence-corrected chi connectivity index (χ4v) is 4.19. The molecule has 0 atom stereocenters. The largest absolute Gasteiger partial charge is 0.508 e. The minimum atomic E-state index is -0.531. The number of nitrogens with one attached hydrogen (secondary N) is 2. The van der Waals surface area contributed by atoms with E-state index in [0.29, 0.717) is 30.9 Å². The molecule has 0 radical (unpaired) electrons. The number of nitrogens with zero attached hydrogens (tertiary/aromatic N) is 2. The maximum atomic E-state index is 13.2. The number of carbonyl (C=O) groups is 2. The number of carbonyl (C=O) groups excluding carboxylic acids is 2. The van der Waals surface area contributed by atoms with E-state index in [0.717, 1.165) is 25.2 Å². The van der Waals surface area contributed by atoms with E-state index in [1.54, 1.807) is 25.1 Å². The molecule has 1 fully saturated rings. The molecular formula is C27H33ClN4O6. The zero-order valence-electron chi connectivity index (χ0n) is 21.6. The first-order valence-electron chi connectivity index (χ1n) is 12.3. The Morgan fingerprint density at radius 2 is 1.74 bits per heavy atom. The van der Waals surface area contributed by atoms with Crippen LogP contribution in [0, 0.1) is 0 Å². The molecule has 4 N–H and O–H groups in total. The molecule has 11 heteroatoms. The van der Waals surface area contributed by atoms with Gasteiger partial charge in [0.05, 0.1) is 18.8 Å². The first-order chi connectivity index (χ1) is 17.8. The van der Waals surface area contributed by atoms with E-state index in [1.807, 2.05) is 26.0 Å². The number of aromatic nitrogens is 1. The third kappa shape index (κ3) is 6.45. The lowest BCUT2D eigenvalue weighted by molar-refractivity contribution is 0.0342. The monoisotopic (exact) mass is 544 g/mol. The van der Waals surface area contributed by atoms with Gasteiger partial charge in [0.15, 0.2) is 11.5 Å². The van der Waals surface area contributed by atoms with Gasteiger partial charge in [-0.05, 0) is 42.2 Å². The molecule has 2 aromatic carbocycles. The van der Waals surface area contributed by atoms with Crippen LogP contribution in [0.25, 0.3) is 11.3 Å². The summed E-state index contributed by atoms with van der Waals surface area (Å²) >= 11 is 0. The average molecular weight is 545 g/mol. The molecule has 1 saturated heterocycles. The maximum absolute atomic E-state index is 13.2. The van der Waals surface area contributed by atoms with E-state index in [2.05, 4.69) is 20.7 Å². The summed E-state index contributed by atoms with van der Waals surface area (Å²) in [4.78, 5) is 28.2. The van der Waals surface area contributed by atoms with Crippen LogP contribution in [0.4, 0.5) is 5.69 Å². The SMILES string of the molecule is CCNC(=O)c1noc(-c2cc(C(C)C)c(O)cc2O)c1NC(=O)c1ccc(CN2CCOCC2)cc1.Cl. The van der Waals surface area contributed by atoms with E-state index < -0.39 is 11.8 Å². The molecule has 10 nitrogen and oxygen atoms in total. The lowest BCUT2D eigenvalue weighted by atomic mass is 9.97. The van der Waals surface area contributed by atoms with Gasteiger partial charge in [0.1, 0.15) is 17.2 Å². The molecule has 0 saturated carbocycles. The van der Waals surface area contributed by atoms with Gasteiger partial charge in [0.25, 0.3) is 11.8 Å². The Bertz CT molecular complexity index is 1270. The molecule has 0 aliphatic carbocycles. The van der Waals surface area contributed by atoms with Gasteiger partial charge in [0, 0.05) is 37.8 Å². The molecule has 38 heavy (non-hydrogen) atoms. The fraction of sp³-hybridized carbons (Fsp3) is 0.370. The van der Waals surface area contributed by atoms with Gasteiger partial charge < -0.3 is 30.1 Å². The average Bonchev–Trinajstić information content (AvgIpc) is 3.28. The summed E-state index contributed by atoms with van der Waals surface area (Å²) in [5.41, 5.74) is 2.13. The first kappa shape index (κ1) is 29.0. The number of ether oxygens (including phenoxy) is 1. The van der Waals surface area contributed by atoms with Gasteiger partial charge in [-0.2, -0.15) is 0 Å². The van der Waals surface area contributed by atoms with Gasteiger partial charge in [-0.3, -0.25) is 14.5 Å². The molecule has 204 valence electrons. The van der Waals surface area contributed by atoms with Crippen molar-refractivity contribution >= 4 is 29.9 Å². The van der Waals surface area contributed by atoms with E-state index in [1.165, 1.54) is 6.07 Å². The van der Waals surface area contributed by atoms with E-state index >= 15 is 0 Å². The lowest BCUT2D eigenvalue weighted by Crippen LogP contribution is -2.35. The van der Waals surface area contributed by atoms with Gasteiger partial charge in [-0.15, -0.1) is 12.4 Å². The number of phenols is 2. The Kier molecular flexibility index (Phi) is 9.73. The standard InChI is InChI=1S/C27H32N4O6.ClH/c1-4-28-27(35)24-23(25(37-30-24)20-13-19(16(2)3)21(32)14-22(20)33)29-26(34)18-7-5-17(6-8-18)15-31-9-11-36-12-10-31;/h5-8,13-14,16,32-33H,4,9-12,15H2,1-3H3,(H,28,35)(H,29,34);1H. The van der Waals surface area contributed by atoms with Crippen LogP contribution in [0.3, 0.4) is 0 Å². The summed E-state index contributed by atoms with van der Waals surface area (Å²) in [7, 11) is 0. The highest BCUT2D eigenvalue weighted by molar-refractivity contribution is 6.10. The second-order valence-electron chi connectivity index (χ2n) is 9.22. The molecule has 0 unspecified atom stereocenters. The quantitative estimate of drug-likeness (QED) is 0.332. The molecule has 1 aliphatic heterocycles. The van der Waals surface area contributed by atoms with Gasteiger partial charge in [-0.1, -0.05) is 31.1 Å². The molecule has 1 aliphatic rings. The van der Waals surface area contributed by atoms with Crippen molar-refractivity contribution < 1.29 is 29.1 Å². The van der Waals surface area contributed by atoms with Crippen molar-refractivity contribution in [1.29, 1.82) is 0 Å². The van der Waals surface area contributed by atoms with E-state index in [4.69, 9.17) is 9.26 Å². The predicted molar refractivity (Wildman–Crippen MR) is 145 cm³/mol. The highest BCUT2D eigenvalue weighted by atomic mass is 35.5. The number of hydrogen-bond donors (Lipinski definition) is 4. The molecule has 2 amide bonds. The Balaban J connectivity index is 0.00000400. The van der Waals surface area contributed by atoms with Crippen LogP contribution in [-0.4, -0.2) is 64.9 Å². The van der Waals surface area contributed by atoms with Crippen molar-refractivity contribution in [2.75, 3.05) is 38.2 Å². The summed E-state index contributed by atoms with van der Waals surface area (Å²) in [6, 6.07) is 10.00. The zero-order chi connectivity index (χ0) is 26.5. The highest BCUT2D eigenvalue weighted by Gasteiger charge is 2.27. The third-order valence-corrected chi connectivity index (χ3v) is 6.22. The number of morpholine rings is 1. The summed E-state index contributed by atoms with van der Waals surface area (Å²) in [5.74, 6) is -1.38. The Labute approximate surface area is 227 Å². The van der Waals surface area contributed by atoms with Crippen molar-refractivity contribution in [2.24, 2.45) is 0 Å². The molecule has 1 aromatic heterocycles. The number of amides is 2. The van der Waals surface area contributed by atoms with Crippen molar-refractivity contribution in [3.63, 3.8) is 0 Å². The molecule has 4 rings (SSSR count). The minimum Gasteiger partial charge on any atom is -0.508 e. The highest BCUT2D eigenvalue weighted by Crippen LogP contribution is 2.41. The molecule has 0 bridgehead atoms. The molecule has 2 heterocycles. The van der Waals surface area contributed by atoms with E-state index in [-0.39, 0.29) is 52.5 Å². The molecule has 3 aromatic rings. The van der Waals surface area contributed by atoms with Crippen molar-refractivity contribution in [3.05, 3.63) is 58.8 Å². The van der Waals surface area contributed by atoms with Crippen LogP contribution in [0.5, 0.6) is 11.5 Å². The van der Waals surface area contributed by atoms with Crippen LogP contribution in [0.2, 0.25) is 0 Å².